The molecule has 0 aliphatic rings. The summed E-state index contributed by atoms with van der Waals surface area (Å²) >= 11 is 0. The SMILES string of the molecule is CNCCN(C)C(c1ccccc1)(c1ccccc1)c1ccc(OC)cc1. The topological polar surface area (TPSA) is 24.5 Å². The van der Waals surface area contributed by atoms with E-state index in [1.54, 1.807) is 7.11 Å². The second kappa shape index (κ2) is 8.85. The highest BCUT2D eigenvalue weighted by atomic mass is 16.5. The summed E-state index contributed by atoms with van der Waals surface area (Å²) in [6.07, 6.45) is 0. The van der Waals surface area contributed by atoms with Gasteiger partial charge in [-0.05, 0) is 42.9 Å². The zero-order valence-electron chi connectivity index (χ0n) is 16.4. The third-order valence-corrected chi connectivity index (χ3v) is 5.16. The van der Waals surface area contributed by atoms with Crippen molar-refractivity contribution in [3.05, 3.63) is 102 Å². The van der Waals surface area contributed by atoms with Crippen molar-refractivity contribution in [1.82, 2.24) is 10.2 Å². The molecule has 0 unspecified atom stereocenters. The summed E-state index contributed by atoms with van der Waals surface area (Å²) in [4.78, 5) is 2.43. The van der Waals surface area contributed by atoms with Crippen LogP contribution in [0.5, 0.6) is 5.75 Å². The smallest absolute Gasteiger partial charge is 0.118 e. The molecule has 3 nitrogen and oxygen atoms in total. The number of methoxy groups -OCH3 is 1. The Balaban J connectivity index is 2.27. The van der Waals surface area contributed by atoms with Crippen molar-refractivity contribution < 1.29 is 4.74 Å². The largest absolute Gasteiger partial charge is 0.497 e. The van der Waals surface area contributed by atoms with Gasteiger partial charge in [0.15, 0.2) is 0 Å². The van der Waals surface area contributed by atoms with Gasteiger partial charge in [0.2, 0.25) is 0 Å². The van der Waals surface area contributed by atoms with Crippen molar-refractivity contribution >= 4 is 0 Å². The van der Waals surface area contributed by atoms with Crippen molar-refractivity contribution in [2.24, 2.45) is 0 Å². The first-order chi connectivity index (χ1) is 13.2. The molecule has 0 atom stereocenters. The van der Waals surface area contributed by atoms with E-state index in [9.17, 15) is 0 Å². The molecule has 0 bridgehead atoms. The number of hydrogen-bond acceptors (Lipinski definition) is 3. The van der Waals surface area contributed by atoms with Crippen LogP contribution in [-0.2, 0) is 5.54 Å². The summed E-state index contributed by atoms with van der Waals surface area (Å²) in [5.74, 6) is 0.867. The normalized spacial score (nSPS) is 11.6. The molecule has 0 aromatic heterocycles. The average molecular weight is 361 g/mol. The number of hydrogen-bond donors (Lipinski definition) is 1. The molecule has 140 valence electrons. The van der Waals surface area contributed by atoms with Gasteiger partial charge in [-0.15, -0.1) is 0 Å². The van der Waals surface area contributed by atoms with Gasteiger partial charge in [-0.3, -0.25) is 4.90 Å². The van der Waals surface area contributed by atoms with Crippen molar-refractivity contribution in [2.75, 3.05) is 34.3 Å². The molecule has 1 N–H and O–H groups in total. The Hall–Kier alpha value is -2.62. The van der Waals surface area contributed by atoms with Gasteiger partial charge < -0.3 is 10.1 Å². The summed E-state index contributed by atoms with van der Waals surface area (Å²) < 4.78 is 5.40. The Morgan fingerprint density at radius 1 is 0.778 bits per heavy atom. The van der Waals surface area contributed by atoms with E-state index in [-0.39, 0.29) is 5.54 Å². The molecular formula is C24H28N2O. The molecular weight excluding hydrogens is 332 g/mol. The second-order valence-corrected chi connectivity index (χ2v) is 6.70. The van der Waals surface area contributed by atoms with Gasteiger partial charge in [-0.25, -0.2) is 0 Å². The molecule has 0 aliphatic heterocycles. The highest BCUT2D eigenvalue weighted by molar-refractivity contribution is 5.50. The quantitative estimate of drug-likeness (QED) is 0.611. The number of benzene rings is 3. The van der Waals surface area contributed by atoms with E-state index in [1.165, 1.54) is 16.7 Å². The Morgan fingerprint density at radius 3 is 1.70 bits per heavy atom. The third-order valence-electron chi connectivity index (χ3n) is 5.16. The molecule has 0 heterocycles. The fourth-order valence-corrected chi connectivity index (χ4v) is 3.80. The van der Waals surface area contributed by atoms with Gasteiger partial charge in [0, 0.05) is 13.1 Å². The molecule has 27 heavy (non-hydrogen) atoms. The lowest BCUT2D eigenvalue weighted by atomic mass is 9.75. The van der Waals surface area contributed by atoms with Gasteiger partial charge in [0.05, 0.1) is 12.6 Å². The molecule has 0 saturated heterocycles. The summed E-state index contributed by atoms with van der Waals surface area (Å²) in [6.45, 7) is 1.82. The maximum atomic E-state index is 5.40. The van der Waals surface area contributed by atoms with Crippen molar-refractivity contribution in [3.63, 3.8) is 0 Å². The minimum atomic E-state index is -0.383. The minimum Gasteiger partial charge on any atom is -0.497 e. The van der Waals surface area contributed by atoms with Gasteiger partial charge in [0.25, 0.3) is 0 Å². The van der Waals surface area contributed by atoms with Crippen LogP contribution in [0.4, 0.5) is 0 Å². The number of nitrogens with zero attached hydrogens (tertiary/aromatic N) is 1. The number of nitrogens with one attached hydrogen (secondary N) is 1. The van der Waals surface area contributed by atoms with Gasteiger partial charge in [-0.1, -0.05) is 72.8 Å². The van der Waals surface area contributed by atoms with E-state index < -0.39 is 0 Å². The van der Waals surface area contributed by atoms with Crippen LogP contribution in [-0.4, -0.2) is 39.2 Å². The lowest BCUT2D eigenvalue weighted by molar-refractivity contribution is 0.201. The summed E-state index contributed by atoms with van der Waals surface area (Å²) in [6, 6.07) is 29.9. The van der Waals surface area contributed by atoms with E-state index in [1.807, 2.05) is 19.2 Å². The van der Waals surface area contributed by atoms with Crippen LogP contribution in [0.2, 0.25) is 0 Å². The molecule has 0 radical (unpaired) electrons. The van der Waals surface area contributed by atoms with E-state index >= 15 is 0 Å². The monoisotopic (exact) mass is 360 g/mol. The molecule has 3 aromatic rings. The van der Waals surface area contributed by atoms with Crippen molar-refractivity contribution in [1.29, 1.82) is 0 Å². The third kappa shape index (κ3) is 3.75. The van der Waals surface area contributed by atoms with Gasteiger partial charge in [0.1, 0.15) is 5.75 Å². The standard InChI is InChI=1S/C24H28N2O/c1-25-18-19-26(2)24(20-10-6-4-7-11-20,21-12-8-5-9-13-21)22-14-16-23(27-3)17-15-22/h4-17,25H,18-19H2,1-3H3. The molecule has 0 amide bonds. The van der Waals surface area contributed by atoms with Gasteiger partial charge in [-0.2, -0.15) is 0 Å². The fourth-order valence-electron chi connectivity index (χ4n) is 3.80. The molecule has 0 spiro atoms. The summed E-state index contributed by atoms with van der Waals surface area (Å²) in [5.41, 5.74) is 3.34. The molecule has 0 aliphatic carbocycles. The Bertz CT molecular complexity index is 777. The predicted octanol–water partition coefficient (Wildman–Crippen LogP) is 4.14. The molecule has 3 aromatic carbocycles. The molecule has 3 rings (SSSR count). The fraction of sp³-hybridized carbons (Fsp3) is 0.250. The van der Waals surface area contributed by atoms with Crippen LogP contribution in [0.1, 0.15) is 16.7 Å². The highest BCUT2D eigenvalue weighted by Gasteiger charge is 2.39. The Morgan fingerprint density at radius 2 is 1.26 bits per heavy atom. The average Bonchev–Trinajstić information content (AvgIpc) is 2.75. The Labute approximate surface area is 162 Å². The molecule has 3 heteroatoms. The van der Waals surface area contributed by atoms with Gasteiger partial charge >= 0.3 is 0 Å². The van der Waals surface area contributed by atoms with E-state index in [0.29, 0.717) is 0 Å². The lowest BCUT2D eigenvalue weighted by Gasteiger charge is -2.44. The number of ether oxygens (including phenoxy) is 1. The van der Waals surface area contributed by atoms with E-state index in [2.05, 4.69) is 90.1 Å². The first-order valence-electron chi connectivity index (χ1n) is 9.35. The Kier molecular flexibility index (Phi) is 6.28. The summed E-state index contributed by atoms with van der Waals surface area (Å²) in [7, 11) is 5.89. The zero-order valence-corrected chi connectivity index (χ0v) is 16.4. The van der Waals surface area contributed by atoms with Crippen LogP contribution >= 0.6 is 0 Å². The highest BCUT2D eigenvalue weighted by Crippen LogP contribution is 2.41. The second-order valence-electron chi connectivity index (χ2n) is 6.70. The maximum Gasteiger partial charge on any atom is 0.118 e. The first kappa shape index (κ1) is 19.2. The van der Waals surface area contributed by atoms with Crippen LogP contribution in [0, 0.1) is 0 Å². The van der Waals surface area contributed by atoms with E-state index in [0.717, 1.165) is 18.8 Å². The molecule has 0 fully saturated rings. The van der Waals surface area contributed by atoms with Crippen LogP contribution < -0.4 is 10.1 Å². The molecule has 0 saturated carbocycles. The zero-order chi connectivity index (χ0) is 19.1. The van der Waals surface area contributed by atoms with Crippen molar-refractivity contribution in [2.45, 2.75) is 5.54 Å². The maximum absolute atomic E-state index is 5.40. The lowest BCUT2D eigenvalue weighted by Crippen LogP contribution is -2.48. The number of rotatable bonds is 8. The first-order valence-corrected chi connectivity index (χ1v) is 9.35. The number of likely N-dealkylation sites (N-methyl/N-ethyl adjacent to an activating group) is 2. The predicted molar refractivity (Wildman–Crippen MR) is 112 cm³/mol. The van der Waals surface area contributed by atoms with Crippen molar-refractivity contribution in [3.8, 4) is 5.75 Å². The summed E-state index contributed by atoms with van der Waals surface area (Å²) in [5, 5.41) is 3.28. The minimum absolute atomic E-state index is 0.383. The van der Waals surface area contributed by atoms with Crippen LogP contribution in [0.15, 0.2) is 84.9 Å². The van der Waals surface area contributed by atoms with Crippen LogP contribution in [0.3, 0.4) is 0 Å². The van der Waals surface area contributed by atoms with Crippen LogP contribution in [0.25, 0.3) is 0 Å². The van der Waals surface area contributed by atoms with E-state index in [4.69, 9.17) is 4.74 Å².